The van der Waals surface area contributed by atoms with Gasteiger partial charge in [0.25, 0.3) is 0 Å². The van der Waals surface area contributed by atoms with Crippen LogP contribution in [0.4, 0.5) is 15.1 Å². The molecule has 2 aromatic rings. The van der Waals surface area contributed by atoms with Crippen LogP contribution >= 0.6 is 0 Å². The molecule has 10 heteroatoms. The quantitative estimate of drug-likeness (QED) is 0.684. The van der Waals surface area contributed by atoms with E-state index in [0.717, 1.165) is 11.1 Å². The first-order valence-electron chi connectivity index (χ1n) is 11.3. The van der Waals surface area contributed by atoms with E-state index in [4.69, 9.17) is 4.74 Å². The zero-order valence-electron chi connectivity index (χ0n) is 20.7. The predicted octanol–water partition coefficient (Wildman–Crippen LogP) is 3.81. The second-order valence-electron chi connectivity index (χ2n) is 10.3. The van der Waals surface area contributed by atoms with Gasteiger partial charge in [0.2, 0.25) is 5.95 Å². The third kappa shape index (κ3) is 6.96. The Hall–Kier alpha value is -2.59. The molecule has 1 N–H and O–H groups in total. The monoisotopic (exact) mass is 491 g/mol. The van der Waals surface area contributed by atoms with E-state index >= 15 is 0 Å². The zero-order valence-corrected chi connectivity index (χ0v) is 21.5. The predicted molar refractivity (Wildman–Crippen MR) is 131 cm³/mol. The van der Waals surface area contributed by atoms with Crippen LogP contribution < -0.4 is 9.62 Å². The lowest BCUT2D eigenvalue weighted by Gasteiger charge is -2.35. The number of nitrogens with zero attached hydrogens (tertiary/aromatic N) is 4. The molecule has 34 heavy (non-hydrogen) atoms. The summed E-state index contributed by atoms with van der Waals surface area (Å²) in [6.45, 7) is 13.4. The number of rotatable bonds is 5. The van der Waals surface area contributed by atoms with Crippen LogP contribution in [0.3, 0.4) is 0 Å². The lowest BCUT2D eigenvalue weighted by Crippen LogP contribution is -2.50. The summed E-state index contributed by atoms with van der Waals surface area (Å²) in [5.74, 6) is 0.221. The summed E-state index contributed by atoms with van der Waals surface area (Å²) < 4.78 is 34.4. The molecule has 1 amide bonds. The minimum absolute atomic E-state index is 0.316. The number of piperazine rings is 1. The molecule has 0 bridgehead atoms. The summed E-state index contributed by atoms with van der Waals surface area (Å²) >= 11 is 0. The van der Waals surface area contributed by atoms with Crippen LogP contribution in [0.15, 0.2) is 36.7 Å². The molecule has 1 aliphatic heterocycles. The van der Waals surface area contributed by atoms with E-state index in [-0.39, 0.29) is 11.9 Å². The van der Waals surface area contributed by atoms with Crippen molar-refractivity contribution in [2.45, 2.75) is 57.9 Å². The van der Waals surface area contributed by atoms with Crippen molar-refractivity contribution in [2.75, 3.05) is 31.1 Å². The van der Waals surface area contributed by atoms with Crippen LogP contribution in [0.2, 0.25) is 0 Å². The lowest BCUT2D eigenvalue weighted by molar-refractivity contribution is 0.0240. The fraction of sp³-hybridized carbons (Fsp3) is 0.542. The van der Waals surface area contributed by atoms with Gasteiger partial charge in [-0.1, -0.05) is 12.1 Å². The number of ether oxygens (including phenoxy) is 1. The molecule has 8 nitrogen and oxygen atoms in total. The van der Waals surface area contributed by atoms with E-state index in [2.05, 4.69) is 14.7 Å². The molecule has 0 aliphatic carbocycles. The molecule has 1 aromatic heterocycles. The van der Waals surface area contributed by atoms with Gasteiger partial charge in [-0.15, -0.1) is 0 Å². The molecule has 2 atom stereocenters. The first kappa shape index (κ1) is 26.0. The number of amides is 1. The third-order valence-corrected chi connectivity index (χ3v) is 6.75. The number of hydrogen-bond donors (Lipinski definition) is 1. The second kappa shape index (κ2) is 10.4. The van der Waals surface area contributed by atoms with Gasteiger partial charge in [0.15, 0.2) is 0 Å². The highest BCUT2D eigenvalue weighted by atomic mass is 32.2. The minimum Gasteiger partial charge on any atom is -0.444 e. The van der Waals surface area contributed by atoms with E-state index in [9.17, 15) is 13.4 Å². The molecule has 0 saturated carbocycles. The smallest absolute Gasteiger partial charge is 0.410 e. The van der Waals surface area contributed by atoms with Gasteiger partial charge in [-0.05, 0) is 59.2 Å². The summed E-state index contributed by atoms with van der Waals surface area (Å²) in [4.78, 5) is 25.1. The Balaban J connectivity index is 1.72. The van der Waals surface area contributed by atoms with Crippen molar-refractivity contribution >= 4 is 23.0 Å². The fourth-order valence-electron chi connectivity index (χ4n) is 3.33. The number of hydrogen-bond acceptors (Lipinski definition) is 6. The van der Waals surface area contributed by atoms with E-state index < -0.39 is 27.4 Å². The zero-order chi connectivity index (χ0) is 25.1. The maximum absolute atomic E-state index is 13.5. The average Bonchev–Trinajstić information content (AvgIpc) is 2.76. The van der Waals surface area contributed by atoms with Gasteiger partial charge >= 0.3 is 6.09 Å². The van der Waals surface area contributed by atoms with Crippen LogP contribution in [0.5, 0.6) is 0 Å². The molecule has 1 fully saturated rings. The Morgan fingerprint density at radius 1 is 1.00 bits per heavy atom. The van der Waals surface area contributed by atoms with Crippen molar-refractivity contribution in [2.24, 2.45) is 0 Å². The van der Waals surface area contributed by atoms with Gasteiger partial charge in [0, 0.05) is 44.1 Å². The molecule has 1 saturated heterocycles. The van der Waals surface area contributed by atoms with Crippen LogP contribution in [0.1, 0.15) is 58.7 Å². The van der Waals surface area contributed by atoms with E-state index in [1.807, 2.05) is 46.4 Å². The highest BCUT2D eigenvalue weighted by molar-refractivity contribution is 7.84. The van der Waals surface area contributed by atoms with Crippen molar-refractivity contribution in [1.29, 1.82) is 0 Å². The number of carbonyl (C=O) groups is 1. The highest BCUT2D eigenvalue weighted by Crippen LogP contribution is 2.25. The van der Waals surface area contributed by atoms with Gasteiger partial charge in [0.05, 0.1) is 21.8 Å². The van der Waals surface area contributed by atoms with Crippen molar-refractivity contribution in [3.63, 3.8) is 0 Å². The van der Waals surface area contributed by atoms with Gasteiger partial charge < -0.3 is 14.5 Å². The molecular formula is C24H34FN5O3S. The van der Waals surface area contributed by atoms with E-state index in [1.165, 1.54) is 12.1 Å². The average molecular weight is 492 g/mol. The van der Waals surface area contributed by atoms with Gasteiger partial charge in [-0.2, -0.15) is 0 Å². The molecule has 0 radical (unpaired) electrons. The maximum Gasteiger partial charge on any atom is 0.410 e. The van der Waals surface area contributed by atoms with Crippen LogP contribution in [-0.2, 0) is 15.7 Å². The first-order chi connectivity index (χ1) is 15.8. The normalized spacial score (nSPS) is 16.8. The highest BCUT2D eigenvalue weighted by Gasteiger charge is 2.28. The summed E-state index contributed by atoms with van der Waals surface area (Å²) in [6, 6.07) is 5.62. The summed E-state index contributed by atoms with van der Waals surface area (Å²) in [5, 5.41) is 0. The summed E-state index contributed by atoms with van der Waals surface area (Å²) in [6.07, 6.45) is 3.08. The molecule has 0 spiro atoms. The first-order valence-corrected chi connectivity index (χ1v) is 12.5. The van der Waals surface area contributed by atoms with Gasteiger partial charge in [-0.25, -0.2) is 28.1 Å². The van der Waals surface area contributed by atoms with Crippen molar-refractivity contribution < 1.29 is 18.1 Å². The summed E-state index contributed by atoms with van der Waals surface area (Å²) in [7, 11) is -1.36. The Kier molecular flexibility index (Phi) is 7.92. The van der Waals surface area contributed by atoms with Crippen LogP contribution in [-0.4, -0.2) is 61.7 Å². The fourth-order valence-corrected chi connectivity index (χ4v) is 4.17. The number of carbonyl (C=O) groups excluding carboxylic acids is 1. The van der Waals surface area contributed by atoms with Crippen molar-refractivity contribution in [1.82, 2.24) is 19.6 Å². The minimum atomic E-state index is -1.36. The van der Waals surface area contributed by atoms with Gasteiger partial charge in [-0.3, -0.25) is 0 Å². The van der Waals surface area contributed by atoms with Gasteiger partial charge in [0.1, 0.15) is 11.4 Å². The number of benzene rings is 1. The standard InChI is InChI=1S/C24H34FN5O3S/c1-23(2,3)33-22(31)30-13-11-29(12-14-30)21-26-15-18(16-27-21)20(28-34(32)24(4,5)6)17-7-9-19(25)10-8-17/h7-10,15-16,20,28H,11-14H2,1-6H3/t20-,34-/m0/s1. The van der Waals surface area contributed by atoms with Crippen molar-refractivity contribution in [3.8, 4) is 0 Å². The number of halogens is 1. The molecule has 0 unspecified atom stereocenters. The molecule has 2 heterocycles. The summed E-state index contributed by atoms with van der Waals surface area (Å²) in [5.41, 5.74) is 0.959. The number of aromatic nitrogens is 2. The van der Waals surface area contributed by atoms with E-state index in [0.29, 0.717) is 32.1 Å². The lowest BCUT2D eigenvalue weighted by atomic mass is 10.0. The molecule has 3 rings (SSSR count). The molecule has 1 aromatic carbocycles. The second-order valence-corrected chi connectivity index (χ2v) is 12.3. The Morgan fingerprint density at radius 3 is 2.06 bits per heavy atom. The maximum atomic E-state index is 13.5. The number of anilines is 1. The molecule has 1 aliphatic rings. The Bertz CT molecular complexity index is 995. The van der Waals surface area contributed by atoms with Crippen molar-refractivity contribution in [3.05, 3.63) is 53.6 Å². The SMILES string of the molecule is CC(C)(C)OC(=O)N1CCN(c2ncc([C@@H](N[S@@](=O)C(C)(C)C)c3ccc(F)cc3)cn2)CC1. The molecular weight excluding hydrogens is 457 g/mol. The Morgan fingerprint density at radius 2 is 1.56 bits per heavy atom. The largest absolute Gasteiger partial charge is 0.444 e. The van der Waals surface area contributed by atoms with E-state index in [1.54, 1.807) is 29.4 Å². The van der Waals surface area contributed by atoms with Crippen LogP contribution in [0.25, 0.3) is 0 Å². The number of nitrogens with one attached hydrogen (secondary N) is 1. The molecule has 186 valence electrons. The Labute approximate surface area is 203 Å². The topological polar surface area (TPSA) is 87.7 Å². The third-order valence-electron chi connectivity index (χ3n) is 5.19. The van der Waals surface area contributed by atoms with Crippen LogP contribution in [0, 0.1) is 5.82 Å².